The van der Waals surface area contributed by atoms with E-state index in [1.165, 1.54) is 11.5 Å². The molecule has 0 aliphatic carbocycles. The number of ether oxygens (including phenoxy) is 2. The van der Waals surface area contributed by atoms with Gasteiger partial charge >= 0.3 is 0 Å². The molecule has 0 spiro atoms. The third-order valence-corrected chi connectivity index (χ3v) is 6.85. The molecule has 0 aliphatic rings. The molecule has 0 aliphatic heterocycles. The quantitative estimate of drug-likeness (QED) is 0.475. The highest BCUT2D eigenvalue weighted by atomic mass is 32.1. The van der Waals surface area contributed by atoms with Gasteiger partial charge in [-0.1, -0.05) is 32.4 Å². The predicted molar refractivity (Wildman–Crippen MR) is 132 cm³/mol. The predicted octanol–water partition coefficient (Wildman–Crippen LogP) is 5.42. The lowest BCUT2D eigenvalue weighted by Crippen LogP contribution is -2.40. The number of benzene rings is 2. The number of nitrogens with two attached hydrogens (primary N) is 1. The summed E-state index contributed by atoms with van der Waals surface area (Å²) >= 11 is 1.43. The average Bonchev–Trinajstić information content (AvgIpc) is 3.29. The summed E-state index contributed by atoms with van der Waals surface area (Å²) in [7, 11) is 3.26. The zero-order valence-corrected chi connectivity index (χ0v) is 20.3. The van der Waals surface area contributed by atoms with Crippen LogP contribution in [0.3, 0.4) is 0 Å². The number of nitrogens with one attached hydrogen (secondary N) is 1. The number of carbonyl (C=O) groups is 1. The topological polar surface area (TPSA) is 86.5 Å². The molecule has 1 aromatic heterocycles. The van der Waals surface area contributed by atoms with Crippen LogP contribution in [0.2, 0.25) is 0 Å². The molecule has 0 bridgehead atoms. The Labute approximate surface area is 193 Å². The van der Waals surface area contributed by atoms with Crippen molar-refractivity contribution in [2.75, 3.05) is 19.5 Å². The standard InChI is InChI=1S/C25H31N3O3S/c1-7-14(2)23(26)25(29)28-20-11-17(8-9-21(20)30-5)19-13-27-32-24(19)18-10-15(3)16(4)22(12-18)31-6/h8-14,23H,7,26H2,1-6H3,(H,28,29)/t14?,23-/m1/s1. The second-order valence-corrected chi connectivity index (χ2v) is 8.81. The fourth-order valence-corrected chi connectivity index (χ4v) is 4.28. The van der Waals surface area contributed by atoms with Crippen LogP contribution in [0.5, 0.6) is 11.5 Å². The fraction of sp³-hybridized carbons (Fsp3) is 0.360. The summed E-state index contributed by atoms with van der Waals surface area (Å²) in [5.74, 6) is 1.28. The van der Waals surface area contributed by atoms with E-state index in [1.807, 2.05) is 51.2 Å². The molecule has 3 N–H and O–H groups in total. The Morgan fingerprint density at radius 3 is 2.50 bits per heavy atom. The lowest BCUT2D eigenvalue weighted by molar-refractivity contribution is -0.118. The van der Waals surface area contributed by atoms with Crippen molar-refractivity contribution in [1.29, 1.82) is 0 Å². The minimum atomic E-state index is -0.588. The van der Waals surface area contributed by atoms with Gasteiger partial charge in [-0.15, -0.1) is 0 Å². The maximum absolute atomic E-state index is 12.7. The van der Waals surface area contributed by atoms with Crippen LogP contribution in [0.15, 0.2) is 36.5 Å². The second-order valence-electron chi connectivity index (χ2n) is 8.00. The van der Waals surface area contributed by atoms with Crippen molar-refractivity contribution in [2.24, 2.45) is 11.7 Å². The zero-order valence-electron chi connectivity index (χ0n) is 19.5. The number of amides is 1. The van der Waals surface area contributed by atoms with E-state index < -0.39 is 6.04 Å². The summed E-state index contributed by atoms with van der Waals surface area (Å²) in [6, 6.07) is 9.32. The molecule has 2 aromatic carbocycles. The van der Waals surface area contributed by atoms with Crippen molar-refractivity contribution in [3.05, 3.63) is 47.7 Å². The van der Waals surface area contributed by atoms with Gasteiger partial charge in [0.1, 0.15) is 11.5 Å². The third-order valence-electron chi connectivity index (χ3n) is 6.00. The van der Waals surface area contributed by atoms with Crippen LogP contribution >= 0.6 is 11.5 Å². The van der Waals surface area contributed by atoms with Gasteiger partial charge in [-0.3, -0.25) is 4.79 Å². The molecule has 0 radical (unpaired) electrons. The van der Waals surface area contributed by atoms with Crippen molar-refractivity contribution in [1.82, 2.24) is 4.37 Å². The summed E-state index contributed by atoms with van der Waals surface area (Å²) in [6.07, 6.45) is 2.68. The number of rotatable bonds is 8. The Hall–Kier alpha value is -2.90. The van der Waals surface area contributed by atoms with Crippen molar-refractivity contribution < 1.29 is 14.3 Å². The summed E-state index contributed by atoms with van der Waals surface area (Å²) in [5.41, 5.74) is 11.9. The Kier molecular flexibility index (Phi) is 7.53. The Morgan fingerprint density at radius 2 is 1.84 bits per heavy atom. The molecule has 32 heavy (non-hydrogen) atoms. The first-order valence-corrected chi connectivity index (χ1v) is 11.4. The molecule has 1 heterocycles. The first-order valence-electron chi connectivity index (χ1n) is 10.7. The van der Waals surface area contributed by atoms with Crippen molar-refractivity contribution in [2.45, 2.75) is 40.2 Å². The zero-order chi connectivity index (χ0) is 23.4. The Balaban J connectivity index is 2.01. The van der Waals surface area contributed by atoms with E-state index in [1.54, 1.807) is 14.2 Å². The van der Waals surface area contributed by atoms with Crippen molar-refractivity contribution in [3.8, 4) is 33.1 Å². The molecule has 1 amide bonds. The fourth-order valence-electron chi connectivity index (χ4n) is 3.53. The van der Waals surface area contributed by atoms with Gasteiger partial charge in [-0.2, -0.15) is 4.37 Å². The van der Waals surface area contributed by atoms with Crippen molar-refractivity contribution >= 4 is 23.1 Å². The first-order chi connectivity index (χ1) is 15.3. The molecule has 2 atom stereocenters. The molecule has 1 unspecified atom stereocenters. The van der Waals surface area contributed by atoms with Gasteiger partial charge < -0.3 is 20.5 Å². The molecular formula is C25H31N3O3S. The van der Waals surface area contributed by atoms with Crippen LogP contribution in [-0.4, -0.2) is 30.5 Å². The molecule has 6 nitrogen and oxygen atoms in total. The number of anilines is 1. The average molecular weight is 454 g/mol. The maximum Gasteiger partial charge on any atom is 0.241 e. The highest BCUT2D eigenvalue weighted by Gasteiger charge is 2.21. The first kappa shape index (κ1) is 23.8. The van der Waals surface area contributed by atoms with Gasteiger partial charge in [0.2, 0.25) is 5.91 Å². The minimum absolute atomic E-state index is 0.0802. The second kappa shape index (κ2) is 10.1. The summed E-state index contributed by atoms with van der Waals surface area (Å²) in [6.45, 7) is 8.11. The molecule has 0 saturated heterocycles. The lowest BCUT2D eigenvalue weighted by atomic mass is 9.98. The normalized spacial score (nSPS) is 12.8. The number of carbonyl (C=O) groups excluding carboxylic acids is 1. The molecule has 0 fully saturated rings. The van der Waals surface area contributed by atoms with Crippen LogP contribution < -0.4 is 20.5 Å². The van der Waals surface area contributed by atoms with E-state index in [0.717, 1.165) is 44.9 Å². The minimum Gasteiger partial charge on any atom is -0.496 e. The van der Waals surface area contributed by atoms with E-state index in [2.05, 4.69) is 22.7 Å². The summed E-state index contributed by atoms with van der Waals surface area (Å²) in [4.78, 5) is 13.7. The Morgan fingerprint density at radius 1 is 1.12 bits per heavy atom. The van der Waals surface area contributed by atoms with Gasteiger partial charge in [0, 0.05) is 11.8 Å². The maximum atomic E-state index is 12.7. The number of aromatic nitrogens is 1. The highest BCUT2D eigenvalue weighted by molar-refractivity contribution is 7.10. The lowest BCUT2D eigenvalue weighted by Gasteiger charge is -2.19. The molecular weight excluding hydrogens is 422 g/mol. The van der Waals surface area contributed by atoms with Crippen LogP contribution in [0.25, 0.3) is 21.6 Å². The number of hydrogen-bond donors (Lipinski definition) is 2. The molecule has 170 valence electrons. The highest BCUT2D eigenvalue weighted by Crippen LogP contribution is 2.40. The van der Waals surface area contributed by atoms with Gasteiger partial charge in [-0.25, -0.2) is 0 Å². The van der Waals surface area contributed by atoms with Gasteiger partial charge in [-0.05, 0) is 71.8 Å². The number of aryl methyl sites for hydroxylation is 1. The summed E-state index contributed by atoms with van der Waals surface area (Å²) in [5, 5.41) is 2.95. The van der Waals surface area contributed by atoms with Gasteiger partial charge in [0.25, 0.3) is 0 Å². The van der Waals surface area contributed by atoms with E-state index >= 15 is 0 Å². The number of hydrogen-bond acceptors (Lipinski definition) is 6. The molecule has 3 rings (SSSR count). The van der Waals surface area contributed by atoms with Crippen LogP contribution in [0.4, 0.5) is 5.69 Å². The van der Waals surface area contributed by atoms with Crippen LogP contribution in [0.1, 0.15) is 31.4 Å². The Bertz CT molecular complexity index is 1110. The number of nitrogens with zero attached hydrogens (tertiary/aromatic N) is 1. The largest absolute Gasteiger partial charge is 0.496 e. The number of methoxy groups -OCH3 is 2. The van der Waals surface area contributed by atoms with E-state index in [9.17, 15) is 4.79 Å². The van der Waals surface area contributed by atoms with E-state index in [0.29, 0.717) is 11.4 Å². The van der Waals surface area contributed by atoms with Crippen LogP contribution in [0, 0.1) is 19.8 Å². The van der Waals surface area contributed by atoms with Gasteiger partial charge in [0.15, 0.2) is 0 Å². The molecule has 7 heteroatoms. The molecule has 0 saturated carbocycles. The SMILES string of the molecule is CCC(C)[C@@H](N)C(=O)Nc1cc(-c2cnsc2-c2cc(C)c(C)c(OC)c2)ccc1OC. The van der Waals surface area contributed by atoms with Crippen molar-refractivity contribution in [3.63, 3.8) is 0 Å². The summed E-state index contributed by atoms with van der Waals surface area (Å²) < 4.78 is 15.5. The third kappa shape index (κ3) is 4.79. The van der Waals surface area contributed by atoms with Gasteiger partial charge in [0.05, 0.1) is 30.8 Å². The smallest absolute Gasteiger partial charge is 0.241 e. The van der Waals surface area contributed by atoms with Crippen LogP contribution in [-0.2, 0) is 4.79 Å². The van der Waals surface area contributed by atoms with E-state index in [-0.39, 0.29) is 11.8 Å². The monoisotopic (exact) mass is 453 g/mol. The molecule has 3 aromatic rings. The van der Waals surface area contributed by atoms with E-state index in [4.69, 9.17) is 15.2 Å².